The van der Waals surface area contributed by atoms with Crippen LogP contribution in [0.1, 0.15) is 13.8 Å². The van der Waals surface area contributed by atoms with E-state index in [2.05, 4.69) is 0 Å². The zero-order chi connectivity index (χ0) is 11.3. The molecule has 0 aromatic heterocycles. The number of carbonyl (C=O) groups is 1. The second-order valence-corrected chi connectivity index (χ2v) is 3.61. The fourth-order valence-electron chi connectivity index (χ4n) is 1.64. The highest BCUT2D eigenvalue weighted by molar-refractivity contribution is 5.85. The highest BCUT2D eigenvalue weighted by atomic mass is 35.5. The van der Waals surface area contributed by atoms with Gasteiger partial charge >= 0.3 is 0 Å². The fourth-order valence-corrected chi connectivity index (χ4v) is 1.64. The fraction of sp³-hybridized carbons (Fsp3) is 0.900. The Morgan fingerprint density at radius 2 is 2.38 bits per heavy atom. The van der Waals surface area contributed by atoms with Crippen LogP contribution in [0.25, 0.3) is 0 Å². The van der Waals surface area contributed by atoms with Crippen LogP contribution in [-0.2, 0) is 14.3 Å². The molecule has 1 fully saturated rings. The summed E-state index contributed by atoms with van der Waals surface area (Å²) in [5, 5.41) is 0. The van der Waals surface area contributed by atoms with Gasteiger partial charge in [0.05, 0.1) is 12.7 Å². The number of amides is 1. The van der Waals surface area contributed by atoms with E-state index in [0.29, 0.717) is 32.8 Å². The molecule has 2 atom stereocenters. The van der Waals surface area contributed by atoms with Crippen LogP contribution in [0.3, 0.4) is 0 Å². The number of rotatable bonds is 4. The molecule has 96 valence electrons. The Hall–Kier alpha value is -0.360. The van der Waals surface area contributed by atoms with Gasteiger partial charge in [-0.3, -0.25) is 4.79 Å². The Labute approximate surface area is 103 Å². The standard InChI is InChI=1S/C10H20N2O3.ClH/c1-3-14-8(2)10(13)12-4-5-15-9(6-11)7-12;/h8-9H,3-7,11H2,1-2H3;1H. The Morgan fingerprint density at radius 1 is 1.69 bits per heavy atom. The number of ether oxygens (including phenoxy) is 2. The quantitative estimate of drug-likeness (QED) is 0.766. The molecular weight excluding hydrogens is 232 g/mol. The summed E-state index contributed by atoms with van der Waals surface area (Å²) in [6, 6.07) is 0. The van der Waals surface area contributed by atoms with Crippen molar-refractivity contribution in [2.24, 2.45) is 5.73 Å². The number of nitrogens with zero attached hydrogens (tertiary/aromatic N) is 1. The minimum Gasteiger partial charge on any atom is -0.373 e. The summed E-state index contributed by atoms with van der Waals surface area (Å²) >= 11 is 0. The summed E-state index contributed by atoms with van der Waals surface area (Å²) in [7, 11) is 0. The molecule has 1 rings (SSSR count). The molecule has 0 aromatic carbocycles. The van der Waals surface area contributed by atoms with Crippen LogP contribution in [0.15, 0.2) is 0 Å². The molecule has 1 heterocycles. The first-order chi connectivity index (χ1) is 7.19. The van der Waals surface area contributed by atoms with Crippen LogP contribution >= 0.6 is 12.4 Å². The van der Waals surface area contributed by atoms with Crippen molar-refractivity contribution in [1.82, 2.24) is 4.90 Å². The molecule has 16 heavy (non-hydrogen) atoms. The van der Waals surface area contributed by atoms with E-state index in [0.717, 1.165) is 0 Å². The molecule has 6 heteroatoms. The van der Waals surface area contributed by atoms with Crippen molar-refractivity contribution < 1.29 is 14.3 Å². The van der Waals surface area contributed by atoms with Crippen molar-refractivity contribution in [2.75, 3.05) is 32.8 Å². The second-order valence-electron chi connectivity index (χ2n) is 3.61. The summed E-state index contributed by atoms with van der Waals surface area (Å²) in [6.07, 6.45) is -0.400. The molecule has 0 spiro atoms. The molecule has 1 amide bonds. The van der Waals surface area contributed by atoms with E-state index < -0.39 is 0 Å². The summed E-state index contributed by atoms with van der Waals surface area (Å²) < 4.78 is 10.6. The summed E-state index contributed by atoms with van der Waals surface area (Å²) in [4.78, 5) is 13.6. The van der Waals surface area contributed by atoms with Crippen LogP contribution in [-0.4, -0.2) is 55.9 Å². The lowest BCUT2D eigenvalue weighted by Crippen LogP contribution is -2.51. The third kappa shape index (κ3) is 4.25. The van der Waals surface area contributed by atoms with Gasteiger partial charge in [-0.25, -0.2) is 0 Å². The lowest BCUT2D eigenvalue weighted by molar-refractivity contribution is -0.149. The predicted octanol–water partition coefficient (Wildman–Crippen LogP) is 0.0193. The highest BCUT2D eigenvalue weighted by Crippen LogP contribution is 2.07. The number of halogens is 1. The van der Waals surface area contributed by atoms with E-state index in [9.17, 15) is 4.79 Å². The van der Waals surface area contributed by atoms with E-state index in [1.165, 1.54) is 0 Å². The van der Waals surface area contributed by atoms with Crippen molar-refractivity contribution in [2.45, 2.75) is 26.1 Å². The van der Waals surface area contributed by atoms with E-state index in [1.807, 2.05) is 6.92 Å². The van der Waals surface area contributed by atoms with Gasteiger partial charge in [-0.05, 0) is 13.8 Å². The van der Waals surface area contributed by atoms with E-state index >= 15 is 0 Å². The molecule has 0 radical (unpaired) electrons. The van der Waals surface area contributed by atoms with Crippen molar-refractivity contribution in [3.8, 4) is 0 Å². The number of carbonyl (C=O) groups excluding carboxylic acids is 1. The predicted molar refractivity (Wildman–Crippen MR) is 63.7 cm³/mol. The first-order valence-corrected chi connectivity index (χ1v) is 5.41. The van der Waals surface area contributed by atoms with Gasteiger partial charge in [-0.1, -0.05) is 0 Å². The Morgan fingerprint density at radius 3 is 2.94 bits per heavy atom. The normalized spacial score (nSPS) is 22.4. The van der Waals surface area contributed by atoms with Crippen LogP contribution in [0.5, 0.6) is 0 Å². The summed E-state index contributed by atoms with van der Waals surface area (Å²) in [6.45, 7) is 6.43. The van der Waals surface area contributed by atoms with Crippen molar-refractivity contribution >= 4 is 18.3 Å². The Balaban J connectivity index is 0.00000225. The first kappa shape index (κ1) is 15.6. The second kappa shape index (κ2) is 7.84. The minimum atomic E-state index is -0.369. The molecule has 5 nitrogen and oxygen atoms in total. The van der Waals surface area contributed by atoms with Gasteiger partial charge < -0.3 is 20.1 Å². The maximum Gasteiger partial charge on any atom is 0.251 e. The molecule has 2 unspecified atom stereocenters. The van der Waals surface area contributed by atoms with Crippen LogP contribution in [0, 0.1) is 0 Å². The summed E-state index contributed by atoms with van der Waals surface area (Å²) in [5.41, 5.74) is 5.51. The van der Waals surface area contributed by atoms with Crippen molar-refractivity contribution in [1.29, 1.82) is 0 Å². The smallest absolute Gasteiger partial charge is 0.251 e. The minimum absolute atomic E-state index is 0. The van der Waals surface area contributed by atoms with Gasteiger partial charge in [0.2, 0.25) is 0 Å². The van der Waals surface area contributed by atoms with E-state index in [-0.39, 0.29) is 30.5 Å². The van der Waals surface area contributed by atoms with Crippen LogP contribution in [0.4, 0.5) is 0 Å². The largest absolute Gasteiger partial charge is 0.373 e. The first-order valence-electron chi connectivity index (χ1n) is 5.41. The number of hydrogen-bond acceptors (Lipinski definition) is 4. The molecule has 1 saturated heterocycles. The molecule has 1 aliphatic heterocycles. The topological polar surface area (TPSA) is 64.8 Å². The average Bonchev–Trinajstić information content (AvgIpc) is 2.28. The Kier molecular flexibility index (Phi) is 7.66. The monoisotopic (exact) mass is 252 g/mol. The third-order valence-corrected chi connectivity index (χ3v) is 2.48. The van der Waals surface area contributed by atoms with Crippen LogP contribution in [0.2, 0.25) is 0 Å². The lowest BCUT2D eigenvalue weighted by atomic mass is 10.2. The molecule has 0 bridgehead atoms. The lowest BCUT2D eigenvalue weighted by Gasteiger charge is -2.33. The van der Waals surface area contributed by atoms with Crippen molar-refractivity contribution in [3.63, 3.8) is 0 Å². The maximum atomic E-state index is 11.9. The molecule has 0 aromatic rings. The SMILES string of the molecule is CCOC(C)C(=O)N1CCOC(CN)C1.Cl. The molecule has 1 aliphatic rings. The van der Waals surface area contributed by atoms with Gasteiger partial charge in [0.15, 0.2) is 0 Å². The zero-order valence-corrected chi connectivity index (χ0v) is 10.7. The zero-order valence-electron chi connectivity index (χ0n) is 9.85. The number of nitrogens with two attached hydrogens (primary N) is 1. The van der Waals surface area contributed by atoms with Gasteiger partial charge in [-0.2, -0.15) is 0 Å². The molecular formula is C10H21ClN2O3. The van der Waals surface area contributed by atoms with Crippen LogP contribution < -0.4 is 5.73 Å². The van der Waals surface area contributed by atoms with Gasteiger partial charge in [0.1, 0.15) is 6.10 Å². The van der Waals surface area contributed by atoms with Crippen molar-refractivity contribution in [3.05, 3.63) is 0 Å². The number of morpholine rings is 1. The van der Waals surface area contributed by atoms with E-state index in [4.69, 9.17) is 15.2 Å². The summed E-state index contributed by atoms with van der Waals surface area (Å²) in [5.74, 6) is 0.0265. The number of hydrogen-bond donors (Lipinski definition) is 1. The van der Waals surface area contributed by atoms with Gasteiger partial charge in [-0.15, -0.1) is 12.4 Å². The average molecular weight is 253 g/mol. The molecule has 0 aliphatic carbocycles. The highest BCUT2D eigenvalue weighted by Gasteiger charge is 2.26. The third-order valence-electron chi connectivity index (χ3n) is 2.48. The van der Waals surface area contributed by atoms with Gasteiger partial charge in [0.25, 0.3) is 5.91 Å². The maximum absolute atomic E-state index is 11.9. The molecule has 0 saturated carbocycles. The molecule has 2 N–H and O–H groups in total. The Bertz CT molecular complexity index is 216. The van der Waals surface area contributed by atoms with Gasteiger partial charge in [0, 0.05) is 26.2 Å². The van der Waals surface area contributed by atoms with E-state index in [1.54, 1.807) is 11.8 Å².